The summed E-state index contributed by atoms with van der Waals surface area (Å²) in [6.07, 6.45) is 6.77. The Bertz CT molecular complexity index is 211. The second-order valence-corrected chi connectivity index (χ2v) is 2.30. The van der Waals surface area contributed by atoms with Crippen molar-refractivity contribution >= 4 is 0 Å². The summed E-state index contributed by atoms with van der Waals surface area (Å²) in [6, 6.07) is 0. The molecule has 54 valence electrons. The van der Waals surface area contributed by atoms with Gasteiger partial charge in [-0.3, -0.25) is 0 Å². The summed E-state index contributed by atoms with van der Waals surface area (Å²) in [6.45, 7) is 1.81. The predicted octanol–water partition coefficient (Wildman–Crippen LogP) is 2.08. The molecule has 1 unspecified atom stereocenters. The third-order valence-corrected chi connectivity index (χ3v) is 1.46. The van der Waals surface area contributed by atoms with Crippen LogP contribution in [0.4, 0.5) is 0 Å². The molecule has 2 nitrogen and oxygen atoms in total. The van der Waals surface area contributed by atoms with Crippen LogP contribution in [0.25, 0.3) is 0 Å². The van der Waals surface area contributed by atoms with Crippen molar-refractivity contribution in [1.29, 1.82) is 0 Å². The van der Waals surface area contributed by atoms with Gasteiger partial charge >= 0.3 is 0 Å². The van der Waals surface area contributed by atoms with E-state index in [0.29, 0.717) is 0 Å². The first kappa shape index (κ1) is 6.93. The Kier molecular flexibility index (Phi) is 1.81. The molecule has 0 fully saturated rings. The SMILES string of the molecule is CC1C=CC=CC(O)=C1O. The predicted molar refractivity (Wildman–Crippen MR) is 39.7 cm³/mol. The smallest absolute Gasteiger partial charge is 0.153 e. The van der Waals surface area contributed by atoms with Crippen LogP contribution in [0.5, 0.6) is 0 Å². The largest absolute Gasteiger partial charge is 0.508 e. The van der Waals surface area contributed by atoms with E-state index in [2.05, 4.69) is 0 Å². The molecule has 0 aromatic heterocycles. The summed E-state index contributed by atoms with van der Waals surface area (Å²) < 4.78 is 0. The van der Waals surface area contributed by atoms with Crippen molar-refractivity contribution in [3.8, 4) is 0 Å². The third kappa shape index (κ3) is 1.21. The van der Waals surface area contributed by atoms with E-state index in [1.165, 1.54) is 6.08 Å². The fourth-order valence-electron chi connectivity index (χ4n) is 0.787. The van der Waals surface area contributed by atoms with Crippen LogP contribution in [0.3, 0.4) is 0 Å². The zero-order chi connectivity index (χ0) is 7.56. The Labute approximate surface area is 59.8 Å². The molecule has 0 amide bonds. The third-order valence-electron chi connectivity index (χ3n) is 1.46. The molecule has 10 heavy (non-hydrogen) atoms. The van der Waals surface area contributed by atoms with Crippen LogP contribution in [0, 0.1) is 5.92 Å². The van der Waals surface area contributed by atoms with Crippen molar-refractivity contribution in [2.24, 2.45) is 5.92 Å². The highest BCUT2D eigenvalue weighted by Crippen LogP contribution is 2.15. The van der Waals surface area contributed by atoms with Crippen molar-refractivity contribution in [2.45, 2.75) is 6.92 Å². The molecule has 2 N–H and O–H groups in total. The van der Waals surface area contributed by atoms with Gasteiger partial charge in [0.05, 0.1) is 0 Å². The lowest BCUT2D eigenvalue weighted by molar-refractivity contribution is 0.307. The minimum absolute atomic E-state index is 0.0324. The van der Waals surface area contributed by atoms with Gasteiger partial charge in [0, 0.05) is 5.92 Å². The van der Waals surface area contributed by atoms with E-state index in [0.717, 1.165) is 0 Å². The summed E-state index contributed by atoms with van der Waals surface area (Å²) in [5, 5.41) is 18.2. The molecule has 1 rings (SSSR count). The van der Waals surface area contributed by atoms with Gasteiger partial charge in [-0.15, -0.1) is 0 Å². The van der Waals surface area contributed by atoms with Crippen LogP contribution in [-0.2, 0) is 0 Å². The van der Waals surface area contributed by atoms with Crippen molar-refractivity contribution in [1.82, 2.24) is 0 Å². The van der Waals surface area contributed by atoms with Crippen molar-refractivity contribution < 1.29 is 10.2 Å². The van der Waals surface area contributed by atoms with Gasteiger partial charge < -0.3 is 10.2 Å². The standard InChI is InChI=1S/C8H10O2/c1-6-4-2-3-5-7(9)8(6)10/h2-6,9-10H,1H3. The minimum atomic E-state index is -0.0880. The van der Waals surface area contributed by atoms with Gasteiger partial charge in [-0.2, -0.15) is 0 Å². The lowest BCUT2D eigenvalue weighted by atomic mass is 10.1. The van der Waals surface area contributed by atoms with E-state index >= 15 is 0 Å². The lowest BCUT2D eigenvalue weighted by Crippen LogP contribution is -1.96. The molecule has 0 radical (unpaired) electrons. The Morgan fingerprint density at radius 1 is 1.30 bits per heavy atom. The monoisotopic (exact) mass is 138 g/mol. The van der Waals surface area contributed by atoms with Crippen LogP contribution in [0.15, 0.2) is 35.8 Å². The van der Waals surface area contributed by atoms with Crippen LogP contribution in [0.1, 0.15) is 6.92 Å². The minimum Gasteiger partial charge on any atom is -0.508 e. The average molecular weight is 138 g/mol. The maximum Gasteiger partial charge on any atom is 0.153 e. The fourth-order valence-corrected chi connectivity index (χ4v) is 0.787. The molecule has 0 spiro atoms. The van der Waals surface area contributed by atoms with Crippen molar-refractivity contribution in [2.75, 3.05) is 0 Å². The lowest BCUT2D eigenvalue weighted by Gasteiger charge is -2.03. The molecule has 2 heteroatoms. The highest BCUT2D eigenvalue weighted by Gasteiger charge is 2.08. The van der Waals surface area contributed by atoms with Gasteiger partial charge in [-0.25, -0.2) is 0 Å². The second kappa shape index (κ2) is 2.60. The first-order valence-corrected chi connectivity index (χ1v) is 3.19. The molecule has 0 bridgehead atoms. The van der Waals surface area contributed by atoms with Crippen LogP contribution in [-0.4, -0.2) is 10.2 Å². The van der Waals surface area contributed by atoms with Crippen molar-refractivity contribution in [3.63, 3.8) is 0 Å². The van der Waals surface area contributed by atoms with E-state index in [4.69, 9.17) is 10.2 Å². The van der Waals surface area contributed by atoms with Gasteiger partial charge in [0.25, 0.3) is 0 Å². The molecule has 1 aliphatic carbocycles. The highest BCUT2D eigenvalue weighted by atomic mass is 16.3. The van der Waals surface area contributed by atoms with Gasteiger partial charge in [0.1, 0.15) is 5.76 Å². The van der Waals surface area contributed by atoms with Gasteiger partial charge in [-0.1, -0.05) is 25.2 Å². The summed E-state index contributed by atoms with van der Waals surface area (Å²) >= 11 is 0. The molecular weight excluding hydrogens is 128 g/mol. The van der Waals surface area contributed by atoms with E-state index in [1.54, 1.807) is 12.2 Å². The van der Waals surface area contributed by atoms with Gasteiger partial charge in [0.2, 0.25) is 0 Å². The van der Waals surface area contributed by atoms with Gasteiger partial charge in [-0.05, 0) is 6.08 Å². The quantitative estimate of drug-likeness (QED) is 0.538. The zero-order valence-electron chi connectivity index (χ0n) is 5.78. The maximum absolute atomic E-state index is 9.15. The number of aliphatic hydroxyl groups excluding tert-OH is 2. The molecule has 1 aliphatic rings. The fraction of sp³-hybridized carbons (Fsp3) is 0.250. The summed E-state index contributed by atoms with van der Waals surface area (Å²) in [5.41, 5.74) is 0. The number of rotatable bonds is 0. The zero-order valence-corrected chi connectivity index (χ0v) is 5.78. The Morgan fingerprint density at radius 3 is 2.70 bits per heavy atom. The number of aliphatic hydroxyl groups is 2. The highest BCUT2D eigenvalue weighted by molar-refractivity contribution is 5.25. The summed E-state index contributed by atoms with van der Waals surface area (Å²) in [7, 11) is 0. The van der Waals surface area contributed by atoms with Crippen LogP contribution >= 0.6 is 0 Å². The number of hydrogen-bond acceptors (Lipinski definition) is 2. The average Bonchev–Trinajstić information content (AvgIpc) is 2.04. The van der Waals surface area contributed by atoms with Crippen molar-refractivity contribution in [3.05, 3.63) is 35.8 Å². The molecule has 0 heterocycles. The Hall–Kier alpha value is -1.18. The Balaban J connectivity index is 2.96. The van der Waals surface area contributed by atoms with Gasteiger partial charge in [0.15, 0.2) is 5.76 Å². The molecule has 1 atom stereocenters. The maximum atomic E-state index is 9.15. The molecule has 0 aromatic carbocycles. The van der Waals surface area contributed by atoms with E-state index in [1.807, 2.05) is 13.0 Å². The summed E-state index contributed by atoms with van der Waals surface area (Å²) in [5.74, 6) is -0.0995. The Morgan fingerprint density at radius 2 is 2.00 bits per heavy atom. The molecule has 0 aromatic rings. The molecule has 0 saturated carbocycles. The van der Waals surface area contributed by atoms with E-state index in [9.17, 15) is 0 Å². The first-order chi connectivity index (χ1) is 4.72. The first-order valence-electron chi connectivity index (χ1n) is 3.19. The van der Waals surface area contributed by atoms with Crippen LogP contribution in [0.2, 0.25) is 0 Å². The normalized spacial score (nSPS) is 25.1. The van der Waals surface area contributed by atoms with Crippen LogP contribution < -0.4 is 0 Å². The number of hydrogen-bond donors (Lipinski definition) is 2. The topological polar surface area (TPSA) is 40.5 Å². The van der Waals surface area contributed by atoms with E-state index in [-0.39, 0.29) is 17.4 Å². The summed E-state index contributed by atoms with van der Waals surface area (Å²) in [4.78, 5) is 0. The number of allylic oxidation sites excluding steroid dienone is 4. The molecule has 0 aliphatic heterocycles. The van der Waals surface area contributed by atoms with E-state index < -0.39 is 0 Å². The second-order valence-electron chi connectivity index (χ2n) is 2.30. The molecular formula is C8H10O2. The molecule has 0 saturated heterocycles.